The average molecular weight is 478 g/mol. The zero-order valence-electron chi connectivity index (χ0n) is 16.4. The minimum atomic E-state index is -4.03. The number of sulfonamides is 1. The second kappa shape index (κ2) is 7.49. The van der Waals surface area contributed by atoms with E-state index >= 15 is 0 Å². The molecule has 11 heteroatoms. The number of benzene rings is 1. The Kier molecular flexibility index (Phi) is 4.89. The van der Waals surface area contributed by atoms with Gasteiger partial charge in [-0.15, -0.1) is 11.3 Å². The molecular formula is C20H16ClN3O5S2. The van der Waals surface area contributed by atoms with Crippen molar-refractivity contribution in [3.05, 3.63) is 62.7 Å². The van der Waals surface area contributed by atoms with Crippen LogP contribution in [0.1, 0.15) is 27.3 Å². The highest BCUT2D eigenvalue weighted by Crippen LogP contribution is 2.38. The van der Waals surface area contributed by atoms with Crippen LogP contribution in [0.15, 0.2) is 39.9 Å². The van der Waals surface area contributed by atoms with Crippen LogP contribution in [0, 0.1) is 13.8 Å². The lowest BCUT2D eigenvalue weighted by Crippen LogP contribution is -2.14. The normalized spacial score (nSPS) is 13.4. The largest absolute Gasteiger partial charge is 0.337 e. The highest BCUT2D eigenvalue weighted by Gasteiger charge is 2.28. The van der Waals surface area contributed by atoms with E-state index in [0.717, 1.165) is 16.7 Å². The Morgan fingerprint density at radius 2 is 2.13 bits per heavy atom. The fourth-order valence-electron chi connectivity index (χ4n) is 3.45. The number of aryl methyl sites for hydroxylation is 2. The number of thiophene rings is 1. The number of anilines is 1. The molecule has 1 aliphatic rings. The highest BCUT2D eigenvalue weighted by atomic mass is 35.5. The third-order valence-electron chi connectivity index (χ3n) is 5.01. The van der Waals surface area contributed by atoms with Gasteiger partial charge in [0, 0.05) is 28.4 Å². The summed E-state index contributed by atoms with van der Waals surface area (Å²) in [5.41, 5.74) is 3.27. The predicted molar refractivity (Wildman–Crippen MR) is 116 cm³/mol. The summed E-state index contributed by atoms with van der Waals surface area (Å²) in [6.07, 6.45) is 2.04. The first-order valence-electron chi connectivity index (χ1n) is 9.26. The molecule has 0 amide bonds. The lowest BCUT2D eigenvalue weighted by Gasteiger charge is -2.10. The van der Waals surface area contributed by atoms with E-state index in [9.17, 15) is 8.42 Å². The molecule has 4 heterocycles. The number of hydrogen-bond donors (Lipinski definition) is 1. The van der Waals surface area contributed by atoms with Crippen LogP contribution in [0.4, 0.5) is 5.88 Å². The predicted octanol–water partition coefficient (Wildman–Crippen LogP) is 4.77. The summed E-state index contributed by atoms with van der Waals surface area (Å²) in [7, 11) is -4.03. The van der Waals surface area contributed by atoms with Crippen LogP contribution < -0.4 is 9.61 Å². The van der Waals surface area contributed by atoms with Crippen molar-refractivity contribution < 1.29 is 22.7 Å². The minimum Gasteiger partial charge on any atom is -0.337 e. The number of rotatable bonds is 5. The molecule has 1 aliphatic heterocycles. The molecule has 31 heavy (non-hydrogen) atoms. The van der Waals surface area contributed by atoms with Gasteiger partial charge in [-0.05, 0) is 49.2 Å². The minimum absolute atomic E-state index is 0.114. The molecular weight excluding hydrogens is 462 g/mol. The number of fused-ring (bicyclic) bond motifs is 2. The molecule has 0 saturated carbocycles. The molecule has 0 fully saturated rings. The standard InChI is InChI=1S/C20H16ClN3O5S2/c1-10-6-15-13(9-27-29-15)7-12(10)8-16-18(14-4-3-5-22-20(14)30-16)31(25,26)24-19-17(21)11(2)23-28-19/h3-7,24H,8-9H2,1-2H3. The van der Waals surface area contributed by atoms with Crippen molar-refractivity contribution in [1.29, 1.82) is 0 Å². The van der Waals surface area contributed by atoms with Crippen LogP contribution in [0.3, 0.4) is 0 Å². The van der Waals surface area contributed by atoms with E-state index in [4.69, 9.17) is 25.9 Å². The van der Waals surface area contributed by atoms with E-state index in [1.807, 2.05) is 19.1 Å². The fourth-order valence-corrected chi connectivity index (χ4v) is 6.51. The molecule has 0 aliphatic carbocycles. The van der Waals surface area contributed by atoms with Gasteiger partial charge < -0.3 is 9.41 Å². The van der Waals surface area contributed by atoms with Gasteiger partial charge in [-0.25, -0.2) is 18.1 Å². The summed E-state index contributed by atoms with van der Waals surface area (Å²) in [5.74, 6) is 0.570. The number of nitrogens with one attached hydrogen (secondary N) is 1. The van der Waals surface area contributed by atoms with Crippen LogP contribution >= 0.6 is 22.9 Å². The van der Waals surface area contributed by atoms with E-state index in [2.05, 4.69) is 14.9 Å². The van der Waals surface area contributed by atoms with Crippen molar-refractivity contribution in [1.82, 2.24) is 10.1 Å². The van der Waals surface area contributed by atoms with Gasteiger partial charge >= 0.3 is 0 Å². The number of nitrogens with zero attached hydrogens (tertiary/aromatic N) is 2. The maximum Gasteiger partial charge on any atom is 0.266 e. The summed E-state index contributed by atoms with van der Waals surface area (Å²) < 4.78 is 34.3. The first-order valence-corrected chi connectivity index (χ1v) is 11.9. The maximum atomic E-state index is 13.4. The number of aromatic nitrogens is 2. The Bertz CT molecular complexity index is 1430. The van der Waals surface area contributed by atoms with Gasteiger partial charge in [0.15, 0.2) is 5.75 Å². The first-order chi connectivity index (χ1) is 14.8. The molecule has 0 atom stereocenters. The van der Waals surface area contributed by atoms with Crippen molar-refractivity contribution >= 4 is 49.1 Å². The van der Waals surface area contributed by atoms with Gasteiger partial charge in [0.05, 0.1) is 0 Å². The van der Waals surface area contributed by atoms with E-state index in [0.29, 0.717) is 39.6 Å². The second-order valence-corrected chi connectivity index (χ2v) is 10.2. The summed E-state index contributed by atoms with van der Waals surface area (Å²) in [4.78, 5) is 16.0. The number of halogens is 1. The molecule has 0 unspecified atom stereocenters. The summed E-state index contributed by atoms with van der Waals surface area (Å²) in [6.45, 7) is 3.93. The van der Waals surface area contributed by atoms with Gasteiger partial charge in [-0.2, -0.15) is 4.89 Å². The third kappa shape index (κ3) is 3.55. The van der Waals surface area contributed by atoms with Crippen molar-refractivity contribution in [3.8, 4) is 5.75 Å². The second-order valence-electron chi connectivity index (χ2n) is 7.14. The third-order valence-corrected chi connectivity index (χ3v) is 8.15. The fraction of sp³-hybridized carbons (Fsp3) is 0.200. The van der Waals surface area contributed by atoms with Gasteiger partial charge in [-0.1, -0.05) is 16.8 Å². The molecule has 1 N–H and O–H groups in total. The topological polar surface area (TPSA) is 104 Å². The zero-order chi connectivity index (χ0) is 21.8. The van der Waals surface area contributed by atoms with Crippen molar-refractivity contribution in [3.63, 3.8) is 0 Å². The van der Waals surface area contributed by atoms with Crippen LogP contribution in [-0.4, -0.2) is 18.6 Å². The monoisotopic (exact) mass is 477 g/mol. The molecule has 8 nitrogen and oxygen atoms in total. The smallest absolute Gasteiger partial charge is 0.266 e. The van der Waals surface area contributed by atoms with Crippen LogP contribution in [0.2, 0.25) is 5.02 Å². The maximum absolute atomic E-state index is 13.4. The highest BCUT2D eigenvalue weighted by molar-refractivity contribution is 7.93. The molecule has 4 aromatic rings. The molecule has 0 saturated heterocycles. The van der Waals surface area contributed by atoms with E-state index < -0.39 is 10.0 Å². The lowest BCUT2D eigenvalue weighted by molar-refractivity contribution is -0.194. The van der Waals surface area contributed by atoms with Gasteiger partial charge in [0.1, 0.15) is 27.0 Å². The number of hydrogen-bond acceptors (Lipinski definition) is 8. The van der Waals surface area contributed by atoms with Gasteiger partial charge in [0.25, 0.3) is 15.9 Å². The van der Waals surface area contributed by atoms with E-state index in [1.54, 1.807) is 25.3 Å². The van der Waals surface area contributed by atoms with Gasteiger partial charge in [-0.3, -0.25) is 0 Å². The van der Waals surface area contributed by atoms with Crippen molar-refractivity contribution in [2.75, 3.05) is 4.72 Å². The van der Waals surface area contributed by atoms with Crippen molar-refractivity contribution in [2.24, 2.45) is 0 Å². The van der Waals surface area contributed by atoms with Crippen LogP contribution in [0.25, 0.3) is 10.2 Å². The van der Waals surface area contributed by atoms with Gasteiger partial charge in [0.2, 0.25) is 0 Å². The van der Waals surface area contributed by atoms with E-state index in [1.165, 1.54) is 11.3 Å². The van der Waals surface area contributed by atoms with Crippen molar-refractivity contribution in [2.45, 2.75) is 31.8 Å². The number of pyridine rings is 1. The first kappa shape index (κ1) is 20.3. The molecule has 0 radical (unpaired) electrons. The molecule has 3 aromatic heterocycles. The Labute approximate surface area is 186 Å². The Morgan fingerprint density at radius 1 is 1.29 bits per heavy atom. The quantitative estimate of drug-likeness (QED) is 0.413. The molecule has 0 spiro atoms. The Hall–Kier alpha value is -2.66. The Balaban J connectivity index is 1.62. The SMILES string of the molecule is Cc1cc2c(cc1Cc1sc3ncccc3c1S(=O)(=O)Nc1onc(C)c1Cl)COO2. The average Bonchev–Trinajstić information content (AvgIpc) is 3.41. The molecule has 160 valence electrons. The summed E-state index contributed by atoms with van der Waals surface area (Å²) in [6, 6.07) is 7.32. The van der Waals surface area contributed by atoms with E-state index in [-0.39, 0.29) is 15.8 Å². The zero-order valence-corrected chi connectivity index (χ0v) is 18.8. The Morgan fingerprint density at radius 3 is 2.90 bits per heavy atom. The summed E-state index contributed by atoms with van der Waals surface area (Å²) >= 11 is 7.46. The molecule has 0 bridgehead atoms. The van der Waals surface area contributed by atoms with Crippen LogP contribution in [0.5, 0.6) is 5.75 Å². The molecule has 5 rings (SSSR count). The van der Waals surface area contributed by atoms with Crippen LogP contribution in [-0.2, 0) is 27.9 Å². The molecule has 1 aromatic carbocycles. The lowest BCUT2D eigenvalue weighted by atomic mass is 10.0. The summed E-state index contributed by atoms with van der Waals surface area (Å²) in [5, 5.41) is 4.37.